The van der Waals surface area contributed by atoms with Crippen molar-refractivity contribution in [2.45, 2.75) is 6.18 Å². The summed E-state index contributed by atoms with van der Waals surface area (Å²) < 4.78 is 43.1. The van der Waals surface area contributed by atoms with Crippen molar-refractivity contribution in [1.82, 2.24) is 15.3 Å². The zero-order valence-electron chi connectivity index (χ0n) is 11.6. The molecule has 3 rings (SSSR count). The second-order valence-electron chi connectivity index (χ2n) is 5.15. The molecule has 2 aromatic rings. The molecule has 0 amide bonds. The molecule has 0 bridgehead atoms. The van der Waals surface area contributed by atoms with Crippen LogP contribution in [0.2, 0.25) is 0 Å². The molecule has 0 radical (unpaired) electrons. The van der Waals surface area contributed by atoms with E-state index in [-0.39, 0.29) is 0 Å². The van der Waals surface area contributed by atoms with Gasteiger partial charge in [0, 0.05) is 24.6 Å². The fourth-order valence-electron chi connectivity index (χ4n) is 2.03. The molecular weight excluding hydrogens is 295 g/mol. The van der Waals surface area contributed by atoms with Crippen molar-refractivity contribution >= 4 is 0 Å². The first-order valence-corrected chi connectivity index (χ1v) is 6.85. The third kappa shape index (κ3) is 3.36. The van der Waals surface area contributed by atoms with Gasteiger partial charge in [0.25, 0.3) is 0 Å². The summed E-state index contributed by atoms with van der Waals surface area (Å²) in [6, 6.07) is 4.76. The van der Waals surface area contributed by atoms with E-state index in [0.29, 0.717) is 29.7 Å². The number of nitrogens with zero attached hydrogens (tertiary/aromatic N) is 2. The van der Waals surface area contributed by atoms with Gasteiger partial charge < -0.3 is 10.1 Å². The topological polar surface area (TPSA) is 47.0 Å². The standard InChI is InChI=1S/C15H14F3N3O/c16-15(17,18)12-3-1-11(2-4-12)14-20-7-13(8-21-14)22-9-10-5-19-6-10/h1-4,7-8,10,19H,5-6,9H2. The smallest absolute Gasteiger partial charge is 0.416 e. The van der Waals surface area contributed by atoms with E-state index < -0.39 is 11.7 Å². The quantitative estimate of drug-likeness (QED) is 0.943. The zero-order chi connectivity index (χ0) is 15.6. The number of hydrogen-bond acceptors (Lipinski definition) is 4. The lowest BCUT2D eigenvalue weighted by Crippen LogP contribution is -2.45. The molecule has 1 saturated heterocycles. The Hall–Kier alpha value is -2.15. The molecule has 116 valence electrons. The third-order valence-corrected chi connectivity index (χ3v) is 3.45. The predicted octanol–water partition coefficient (Wildman–Crippen LogP) is 2.76. The van der Waals surface area contributed by atoms with Gasteiger partial charge in [-0.1, -0.05) is 12.1 Å². The molecule has 4 nitrogen and oxygen atoms in total. The van der Waals surface area contributed by atoms with Crippen molar-refractivity contribution in [3.63, 3.8) is 0 Å². The summed E-state index contributed by atoms with van der Waals surface area (Å²) in [6.45, 7) is 2.50. The van der Waals surface area contributed by atoms with Crippen molar-refractivity contribution in [2.75, 3.05) is 19.7 Å². The molecule has 1 fully saturated rings. The summed E-state index contributed by atoms with van der Waals surface area (Å²) in [5, 5.41) is 3.15. The van der Waals surface area contributed by atoms with Crippen molar-refractivity contribution in [1.29, 1.82) is 0 Å². The Morgan fingerprint density at radius 2 is 1.73 bits per heavy atom. The first kappa shape index (κ1) is 14.8. The van der Waals surface area contributed by atoms with Crippen LogP contribution in [0.3, 0.4) is 0 Å². The molecule has 0 unspecified atom stereocenters. The van der Waals surface area contributed by atoms with Gasteiger partial charge in [-0.25, -0.2) is 9.97 Å². The molecule has 1 aromatic carbocycles. The van der Waals surface area contributed by atoms with E-state index >= 15 is 0 Å². The number of alkyl halides is 3. The minimum atomic E-state index is -4.34. The Morgan fingerprint density at radius 1 is 1.09 bits per heavy atom. The van der Waals surface area contributed by atoms with Gasteiger partial charge in [0.05, 0.1) is 24.6 Å². The fourth-order valence-corrected chi connectivity index (χ4v) is 2.03. The Labute approximate surface area is 125 Å². The Kier molecular flexibility index (Phi) is 3.98. The van der Waals surface area contributed by atoms with Gasteiger partial charge in [0.15, 0.2) is 11.6 Å². The number of hydrogen-bond donors (Lipinski definition) is 1. The van der Waals surface area contributed by atoms with Gasteiger partial charge in [-0.05, 0) is 12.1 Å². The largest absolute Gasteiger partial charge is 0.490 e. The number of aromatic nitrogens is 2. The average molecular weight is 309 g/mol. The lowest BCUT2D eigenvalue weighted by Gasteiger charge is -2.26. The van der Waals surface area contributed by atoms with Crippen LogP contribution >= 0.6 is 0 Å². The predicted molar refractivity (Wildman–Crippen MR) is 74.3 cm³/mol. The van der Waals surface area contributed by atoms with Crippen LogP contribution in [0.4, 0.5) is 13.2 Å². The van der Waals surface area contributed by atoms with E-state index in [4.69, 9.17) is 4.74 Å². The van der Waals surface area contributed by atoms with E-state index in [1.165, 1.54) is 24.5 Å². The lowest BCUT2D eigenvalue weighted by molar-refractivity contribution is -0.137. The summed E-state index contributed by atoms with van der Waals surface area (Å²) in [5.74, 6) is 1.43. The van der Waals surface area contributed by atoms with E-state index in [2.05, 4.69) is 15.3 Å². The summed E-state index contributed by atoms with van der Waals surface area (Å²) in [7, 11) is 0. The molecule has 1 aliphatic rings. The molecule has 7 heteroatoms. The Balaban J connectivity index is 1.66. The van der Waals surface area contributed by atoms with Gasteiger partial charge in [0.2, 0.25) is 0 Å². The maximum Gasteiger partial charge on any atom is 0.416 e. The van der Waals surface area contributed by atoms with Gasteiger partial charge in [-0.2, -0.15) is 13.2 Å². The van der Waals surface area contributed by atoms with Crippen LogP contribution in [0.15, 0.2) is 36.7 Å². The monoisotopic (exact) mass is 309 g/mol. The number of halogens is 3. The van der Waals surface area contributed by atoms with E-state index in [1.54, 1.807) is 0 Å². The summed E-state index contributed by atoms with van der Waals surface area (Å²) in [4.78, 5) is 8.26. The van der Waals surface area contributed by atoms with Crippen molar-refractivity contribution in [2.24, 2.45) is 5.92 Å². The molecule has 0 spiro atoms. The Bertz CT molecular complexity index is 622. The van der Waals surface area contributed by atoms with E-state index in [9.17, 15) is 13.2 Å². The number of ether oxygens (including phenoxy) is 1. The van der Waals surface area contributed by atoms with E-state index in [0.717, 1.165) is 25.2 Å². The Morgan fingerprint density at radius 3 is 2.23 bits per heavy atom. The summed E-state index contributed by atoms with van der Waals surface area (Å²) in [5.41, 5.74) is -0.159. The van der Waals surface area contributed by atoms with Gasteiger partial charge >= 0.3 is 6.18 Å². The van der Waals surface area contributed by atoms with Crippen LogP contribution in [0.1, 0.15) is 5.56 Å². The molecule has 1 aliphatic heterocycles. The van der Waals surface area contributed by atoms with Crippen LogP contribution in [-0.2, 0) is 6.18 Å². The summed E-state index contributed by atoms with van der Waals surface area (Å²) >= 11 is 0. The average Bonchev–Trinajstić information content (AvgIpc) is 2.46. The second kappa shape index (κ2) is 5.92. The molecule has 0 aliphatic carbocycles. The number of rotatable bonds is 4. The maximum absolute atomic E-state index is 12.5. The minimum absolute atomic E-state index is 0.367. The van der Waals surface area contributed by atoms with Gasteiger partial charge in [0.1, 0.15) is 0 Å². The minimum Gasteiger partial charge on any atom is -0.490 e. The van der Waals surface area contributed by atoms with Crippen LogP contribution in [-0.4, -0.2) is 29.7 Å². The highest BCUT2D eigenvalue weighted by Crippen LogP contribution is 2.30. The molecule has 0 saturated carbocycles. The second-order valence-corrected chi connectivity index (χ2v) is 5.15. The van der Waals surface area contributed by atoms with Crippen LogP contribution in [0, 0.1) is 5.92 Å². The maximum atomic E-state index is 12.5. The molecule has 2 heterocycles. The van der Waals surface area contributed by atoms with Gasteiger partial charge in [-0.15, -0.1) is 0 Å². The van der Waals surface area contributed by atoms with Crippen molar-refractivity contribution in [3.05, 3.63) is 42.2 Å². The number of nitrogens with one attached hydrogen (secondary N) is 1. The fraction of sp³-hybridized carbons (Fsp3) is 0.333. The van der Waals surface area contributed by atoms with Crippen LogP contribution in [0.25, 0.3) is 11.4 Å². The third-order valence-electron chi connectivity index (χ3n) is 3.45. The van der Waals surface area contributed by atoms with E-state index in [1.807, 2.05) is 0 Å². The molecular formula is C15H14F3N3O. The molecule has 1 N–H and O–H groups in total. The molecule has 22 heavy (non-hydrogen) atoms. The zero-order valence-corrected chi connectivity index (χ0v) is 11.6. The van der Waals surface area contributed by atoms with Crippen LogP contribution in [0.5, 0.6) is 5.75 Å². The van der Waals surface area contributed by atoms with Gasteiger partial charge in [-0.3, -0.25) is 0 Å². The highest BCUT2D eigenvalue weighted by Gasteiger charge is 2.30. The SMILES string of the molecule is FC(F)(F)c1ccc(-c2ncc(OCC3CNC3)cn2)cc1. The number of benzene rings is 1. The highest BCUT2D eigenvalue weighted by molar-refractivity contribution is 5.55. The van der Waals surface area contributed by atoms with Crippen molar-refractivity contribution < 1.29 is 17.9 Å². The molecule has 1 aromatic heterocycles. The first-order valence-electron chi connectivity index (χ1n) is 6.85. The van der Waals surface area contributed by atoms with Crippen molar-refractivity contribution in [3.8, 4) is 17.1 Å². The first-order chi connectivity index (χ1) is 10.5. The summed E-state index contributed by atoms with van der Waals surface area (Å²) in [6.07, 6.45) is -1.27. The highest BCUT2D eigenvalue weighted by atomic mass is 19.4. The van der Waals surface area contributed by atoms with Crippen LogP contribution < -0.4 is 10.1 Å². The molecule has 0 atom stereocenters. The normalized spacial score (nSPS) is 15.4. The lowest BCUT2D eigenvalue weighted by atomic mass is 10.1.